The molecule has 1 amide bonds. The number of aromatic nitrogens is 2. The molecule has 11 heteroatoms. The molecule has 1 fully saturated rings. The minimum absolute atomic E-state index is 0.146. The number of nitrogens with zero attached hydrogens (tertiary/aromatic N) is 6. The molecular weight excluding hydrogens is 419 g/mol. The van der Waals surface area contributed by atoms with Crippen LogP contribution >= 0.6 is 0 Å². The van der Waals surface area contributed by atoms with Gasteiger partial charge in [-0.05, 0) is 25.0 Å². The van der Waals surface area contributed by atoms with Gasteiger partial charge in [0.05, 0.1) is 37.0 Å². The lowest BCUT2D eigenvalue weighted by molar-refractivity contribution is -0.120. The number of carbonyl (C=O) groups excluding carboxylic acids is 1. The first kappa shape index (κ1) is 20.5. The Kier molecular flexibility index (Phi) is 5.11. The van der Waals surface area contributed by atoms with Crippen molar-refractivity contribution < 1.29 is 23.6 Å². The highest BCUT2D eigenvalue weighted by molar-refractivity contribution is 6.13. The summed E-state index contributed by atoms with van der Waals surface area (Å²) >= 11 is 0. The van der Waals surface area contributed by atoms with Crippen LogP contribution in [0.4, 0.5) is 15.8 Å². The zero-order valence-corrected chi connectivity index (χ0v) is 17.3. The van der Waals surface area contributed by atoms with Crippen molar-refractivity contribution >= 4 is 23.6 Å². The van der Waals surface area contributed by atoms with Gasteiger partial charge in [-0.2, -0.15) is 10.2 Å². The van der Waals surface area contributed by atoms with Crippen molar-refractivity contribution in [2.75, 3.05) is 29.6 Å². The molecule has 0 saturated carbocycles. The summed E-state index contributed by atoms with van der Waals surface area (Å²) in [6, 6.07) is 3.05. The number of benzene rings is 1. The van der Waals surface area contributed by atoms with Gasteiger partial charge >= 0.3 is 0 Å². The molecule has 4 heterocycles. The van der Waals surface area contributed by atoms with Crippen LogP contribution in [0.3, 0.4) is 0 Å². The van der Waals surface area contributed by atoms with Gasteiger partial charge in [-0.15, -0.1) is 0 Å². The first-order valence-electron chi connectivity index (χ1n) is 10.4. The molecule has 1 N–H and O–H groups in total. The summed E-state index contributed by atoms with van der Waals surface area (Å²) in [6.45, 7) is 2.41. The Labute approximate surface area is 182 Å². The van der Waals surface area contributed by atoms with E-state index >= 15 is 0 Å². The highest BCUT2D eigenvalue weighted by Crippen LogP contribution is 2.45. The van der Waals surface area contributed by atoms with Crippen molar-refractivity contribution in [3.63, 3.8) is 0 Å². The number of rotatable bonds is 5. The van der Waals surface area contributed by atoms with E-state index in [0.29, 0.717) is 18.1 Å². The van der Waals surface area contributed by atoms with Gasteiger partial charge < -0.3 is 24.2 Å². The zero-order valence-electron chi connectivity index (χ0n) is 17.3. The number of aliphatic hydroxyl groups is 1. The molecule has 3 aliphatic rings. The minimum atomic E-state index is -0.821. The van der Waals surface area contributed by atoms with Crippen molar-refractivity contribution in [1.29, 1.82) is 5.26 Å². The quantitative estimate of drug-likeness (QED) is 0.743. The van der Waals surface area contributed by atoms with Gasteiger partial charge in [-0.25, -0.2) is 4.39 Å². The molecule has 4 atom stereocenters. The predicted molar refractivity (Wildman–Crippen MR) is 110 cm³/mol. The van der Waals surface area contributed by atoms with E-state index < -0.39 is 17.9 Å². The van der Waals surface area contributed by atoms with Gasteiger partial charge in [0.25, 0.3) is 11.8 Å². The van der Waals surface area contributed by atoms with Gasteiger partial charge in [0.2, 0.25) is 0 Å². The standard InChI is InChI=1S/C21H21FN6O4/c1-11(9-29)19-25-20(32-26-19)16-18-21(30)27(8-12-3-2-6-31-12)17-13(7-23)14(22)4-5-15(17)28(18)10-24-16/h4-5,10-12,16,18,29H,2-3,6,8-9H2,1H3. The summed E-state index contributed by atoms with van der Waals surface area (Å²) in [4.78, 5) is 25.5. The number of fused-ring (bicyclic) bond motifs is 3. The molecule has 3 aliphatic heterocycles. The van der Waals surface area contributed by atoms with E-state index in [4.69, 9.17) is 9.26 Å². The maximum absolute atomic E-state index is 14.5. The van der Waals surface area contributed by atoms with E-state index in [-0.39, 0.29) is 48.2 Å². The monoisotopic (exact) mass is 440 g/mol. The second-order valence-electron chi connectivity index (χ2n) is 8.12. The van der Waals surface area contributed by atoms with E-state index in [0.717, 1.165) is 12.8 Å². The molecule has 1 aromatic carbocycles. The van der Waals surface area contributed by atoms with Crippen LogP contribution in [0.15, 0.2) is 21.6 Å². The summed E-state index contributed by atoms with van der Waals surface area (Å²) in [7, 11) is 0. The maximum atomic E-state index is 14.5. The molecule has 0 bridgehead atoms. The normalized spacial score (nSPS) is 25.1. The number of aliphatic hydroxyl groups excluding tert-OH is 1. The number of anilines is 2. The Balaban J connectivity index is 1.57. The first-order chi connectivity index (χ1) is 15.5. The van der Waals surface area contributed by atoms with Crippen LogP contribution in [-0.2, 0) is 9.53 Å². The fourth-order valence-corrected chi connectivity index (χ4v) is 4.35. The van der Waals surface area contributed by atoms with Gasteiger partial charge in [0.15, 0.2) is 11.9 Å². The molecule has 10 nitrogen and oxygen atoms in total. The Bertz CT molecular complexity index is 1120. The SMILES string of the molecule is CC(CO)c1noc(C2N=CN3c4ccc(F)c(C#N)c4N(CC4CCCO4)C(=O)C23)n1. The number of aliphatic imine (C=N–C) groups is 1. The molecular formula is C21H21FN6O4. The summed E-state index contributed by atoms with van der Waals surface area (Å²) in [5.41, 5.74) is 0.526. The Hall–Kier alpha value is -3.36. The Morgan fingerprint density at radius 3 is 3.00 bits per heavy atom. The van der Waals surface area contributed by atoms with Crippen LogP contribution in [0.2, 0.25) is 0 Å². The van der Waals surface area contributed by atoms with Gasteiger partial charge in [-0.3, -0.25) is 9.79 Å². The van der Waals surface area contributed by atoms with Gasteiger partial charge in [-0.1, -0.05) is 12.1 Å². The molecule has 1 aromatic heterocycles. The van der Waals surface area contributed by atoms with Crippen LogP contribution in [-0.4, -0.2) is 59.4 Å². The molecule has 32 heavy (non-hydrogen) atoms. The molecule has 4 unspecified atom stereocenters. The first-order valence-corrected chi connectivity index (χ1v) is 10.4. The number of halogens is 1. The number of ether oxygens (including phenoxy) is 1. The third-order valence-corrected chi connectivity index (χ3v) is 6.07. The number of carbonyl (C=O) groups is 1. The van der Waals surface area contributed by atoms with Crippen LogP contribution in [0, 0.1) is 17.1 Å². The van der Waals surface area contributed by atoms with Gasteiger partial charge in [0.1, 0.15) is 23.5 Å². The highest BCUT2D eigenvalue weighted by Gasteiger charge is 2.49. The van der Waals surface area contributed by atoms with Crippen molar-refractivity contribution in [2.45, 2.75) is 43.9 Å². The van der Waals surface area contributed by atoms with E-state index in [1.54, 1.807) is 11.8 Å². The Morgan fingerprint density at radius 2 is 2.28 bits per heavy atom. The predicted octanol–water partition coefficient (Wildman–Crippen LogP) is 1.66. The van der Waals surface area contributed by atoms with Gasteiger partial charge in [0, 0.05) is 12.5 Å². The minimum Gasteiger partial charge on any atom is -0.396 e. The van der Waals surface area contributed by atoms with E-state index in [9.17, 15) is 19.6 Å². The summed E-state index contributed by atoms with van der Waals surface area (Å²) in [5, 5.41) is 22.9. The van der Waals surface area contributed by atoms with Crippen molar-refractivity contribution in [3.8, 4) is 6.07 Å². The summed E-state index contributed by atoms with van der Waals surface area (Å²) < 4.78 is 25.6. The second kappa shape index (κ2) is 7.96. The van der Waals surface area contributed by atoms with Crippen LogP contribution in [0.5, 0.6) is 0 Å². The number of nitriles is 1. The lowest BCUT2D eigenvalue weighted by Gasteiger charge is -2.40. The largest absolute Gasteiger partial charge is 0.396 e. The van der Waals surface area contributed by atoms with Crippen molar-refractivity contribution in [2.24, 2.45) is 4.99 Å². The molecule has 0 radical (unpaired) electrons. The average Bonchev–Trinajstić information content (AvgIpc) is 3.56. The lowest BCUT2D eigenvalue weighted by Crippen LogP contribution is -2.55. The van der Waals surface area contributed by atoms with Crippen LogP contribution in [0.25, 0.3) is 0 Å². The van der Waals surface area contributed by atoms with E-state index in [1.807, 2.05) is 6.07 Å². The van der Waals surface area contributed by atoms with E-state index in [2.05, 4.69) is 15.1 Å². The molecule has 166 valence electrons. The summed E-state index contributed by atoms with van der Waals surface area (Å²) in [6.07, 6.45) is 2.93. The van der Waals surface area contributed by atoms with Crippen LogP contribution in [0.1, 0.15) is 49.0 Å². The van der Waals surface area contributed by atoms with Crippen molar-refractivity contribution in [3.05, 3.63) is 35.2 Å². The maximum Gasteiger partial charge on any atom is 0.254 e. The molecule has 1 saturated heterocycles. The summed E-state index contributed by atoms with van der Waals surface area (Å²) in [5.74, 6) is -0.894. The highest BCUT2D eigenvalue weighted by atomic mass is 19.1. The molecule has 0 spiro atoms. The van der Waals surface area contributed by atoms with E-state index in [1.165, 1.54) is 23.4 Å². The second-order valence-corrected chi connectivity index (χ2v) is 8.12. The smallest absolute Gasteiger partial charge is 0.254 e. The molecule has 0 aliphatic carbocycles. The fourth-order valence-electron chi connectivity index (χ4n) is 4.35. The molecule has 2 aromatic rings. The zero-order chi connectivity index (χ0) is 22.4. The number of hydrogen-bond acceptors (Lipinski definition) is 9. The lowest BCUT2D eigenvalue weighted by atomic mass is 9.98. The number of hydrogen-bond donors (Lipinski definition) is 1. The van der Waals surface area contributed by atoms with Crippen LogP contribution < -0.4 is 9.80 Å². The third-order valence-electron chi connectivity index (χ3n) is 6.07. The average molecular weight is 440 g/mol. The van der Waals surface area contributed by atoms with Crippen molar-refractivity contribution in [1.82, 2.24) is 10.1 Å². The Morgan fingerprint density at radius 1 is 1.44 bits per heavy atom. The topological polar surface area (TPSA) is 128 Å². The third kappa shape index (κ3) is 3.14. The number of amides is 1. The molecule has 5 rings (SSSR count). The fraction of sp³-hybridized carbons (Fsp3) is 0.476.